The molecule has 21 heavy (non-hydrogen) atoms. The average Bonchev–Trinajstić information content (AvgIpc) is 3.40. The van der Waals surface area contributed by atoms with Crippen LogP contribution in [0.3, 0.4) is 0 Å². The standard InChI is InChI=1S/C17H20ClN3/c18-16-4-2-1-3-13(16)11-21-17(12-5-6-12)14(10-20-21)9-19-15-7-8-15/h1-4,10,12,15,19H,5-9,11H2. The van der Waals surface area contributed by atoms with Gasteiger partial charge in [-0.3, -0.25) is 4.68 Å². The van der Waals surface area contributed by atoms with Gasteiger partial charge in [0.15, 0.2) is 0 Å². The van der Waals surface area contributed by atoms with Gasteiger partial charge in [-0.15, -0.1) is 0 Å². The summed E-state index contributed by atoms with van der Waals surface area (Å²) < 4.78 is 2.16. The normalized spacial score (nSPS) is 18.1. The van der Waals surface area contributed by atoms with Crippen LogP contribution < -0.4 is 5.32 Å². The lowest BCUT2D eigenvalue weighted by Gasteiger charge is -2.10. The molecule has 0 saturated heterocycles. The molecule has 1 N–H and O–H groups in total. The predicted molar refractivity (Wildman–Crippen MR) is 84.6 cm³/mol. The molecular weight excluding hydrogens is 282 g/mol. The first-order chi connectivity index (χ1) is 10.3. The number of aromatic nitrogens is 2. The highest BCUT2D eigenvalue weighted by molar-refractivity contribution is 6.31. The van der Waals surface area contributed by atoms with Gasteiger partial charge in [-0.25, -0.2) is 0 Å². The minimum atomic E-state index is 0.700. The van der Waals surface area contributed by atoms with Crippen LogP contribution in [0.15, 0.2) is 30.5 Å². The number of hydrogen-bond donors (Lipinski definition) is 1. The molecule has 0 amide bonds. The third-order valence-electron chi connectivity index (χ3n) is 4.36. The second-order valence-corrected chi connectivity index (χ2v) is 6.64. The Morgan fingerprint density at radius 2 is 1.95 bits per heavy atom. The van der Waals surface area contributed by atoms with Crippen molar-refractivity contribution in [1.82, 2.24) is 15.1 Å². The molecule has 0 spiro atoms. The Kier molecular flexibility index (Phi) is 3.48. The Morgan fingerprint density at radius 1 is 1.14 bits per heavy atom. The Balaban J connectivity index is 1.57. The molecule has 0 aliphatic heterocycles. The minimum absolute atomic E-state index is 0.700. The van der Waals surface area contributed by atoms with Crippen molar-refractivity contribution in [2.45, 2.75) is 50.7 Å². The summed E-state index contributed by atoms with van der Waals surface area (Å²) in [6, 6.07) is 8.79. The van der Waals surface area contributed by atoms with Crippen LogP contribution >= 0.6 is 11.6 Å². The third kappa shape index (κ3) is 2.99. The van der Waals surface area contributed by atoms with Crippen molar-refractivity contribution >= 4 is 11.6 Å². The fraction of sp³-hybridized carbons (Fsp3) is 0.471. The van der Waals surface area contributed by atoms with Crippen LogP contribution in [0.5, 0.6) is 0 Å². The van der Waals surface area contributed by atoms with E-state index in [2.05, 4.69) is 21.2 Å². The van der Waals surface area contributed by atoms with Gasteiger partial charge in [0.25, 0.3) is 0 Å². The van der Waals surface area contributed by atoms with Crippen molar-refractivity contribution in [2.75, 3.05) is 0 Å². The number of hydrogen-bond acceptors (Lipinski definition) is 2. The first-order valence-electron chi connectivity index (χ1n) is 7.82. The summed E-state index contributed by atoms with van der Waals surface area (Å²) in [5.74, 6) is 0.700. The lowest BCUT2D eigenvalue weighted by Crippen LogP contribution is -2.16. The number of benzene rings is 1. The van der Waals surface area contributed by atoms with Gasteiger partial charge < -0.3 is 5.32 Å². The fourth-order valence-electron chi connectivity index (χ4n) is 2.86. The molecule has 110 valence electrons. The molecule has 4 rings (SSSR count). The van der Waals surface area contributed by atoms with E-state index in [0.29, 0.717) is 5.92 Å². The average molecular weight is 302 g/mol. The molecule has 2 aliphatic carbocycles. The summed E-state index contributed by atoms with van der Waals surface area (Å²) in [5.41, 5.74) is 3.94. The summed E-state index contributed by atoms with van der Waals surface area (Å²) in [6.45, 7) is 1.73. The molecule has 1 heterocycles. The zero-order valence-electron chi connectivity index (χ0n) is 12.1. The van der Waals surface area contributed by atoms with Crippen molar-refractivity contribution in [1.29, 1.82) is 0 Å². The Labute approximate surface area is 130 Å². The Bertz CT molecular complexity index is 641. The maximum Gasteiger partial charge on any atom is 0.0677 e. The SMILES string of the molecule is Clc1ccccc1Cn1ncc(CNC2CC2)c1C1CC1. The molecule has 2 fully saturated rings. The largest absolute Gasteiger partial charge is 0.310 e. The van der Waals surface area contributed by atoms with Gasteiger partial charge in [0.05, 0.1) is 12.7 Å². The third-order valence-corrected chi connectivity index (χ3v) is 4.73. The van der Waals surface area contributed by atoms with E-state index in [1.165, 1.54) is 36.9 Å². The van der Waals surface area contributed by atoms with Crippen molar-refractivity contribution in [2.24, 2.45) is 0 Å². The molecule has 2 aliphatic rings. The Morgan fingerprint density at radius 3 is 2.67 bits per heavy atom. The van der Waals surface area contributed by atoms with E-state index in [0.717, 1.165) is 29.7 Å². The van der Waals surface area contributed by atoms with Gasteiger partial charge in [0, 0.05) is 34.8 Å². The highest BCUT2D eigenvalue weighted by atomic mass is 35.5. The van der Waals surface area contributed by atoms with Crippen molar-refractivity contribution in [3.05, 3.63) is 52.3 Å². The minimum Gasteiger partial charge on any atom is -0.310 e. The zero-order chi connectivity index (χ0) is 14.2. The Hall–Kier alpha value is -1.32. The molecule has 0 unspecified atom stereocenters. The van der Waals surface area contributed by atoms with Crippen molar-refractivity contribution in [3.8, 4) is 0 Å². The van der Waals surface area contributed by atoms with Crippen LogP contribution in [-0.2, 0) is 13.1 Å². The van der Waals surface area contributed by atoms with E-state index in [-0.39, 0.29) is 0 Å². The molecule has 1 aromatic heterocycles. The molecule has 0 atom stereocenters. The predicted octanol–water partition coefficient (Wildman–Crippen LogP) is 3.71. The maximum atomic E-state index is 6.29. The summed E-state index contributed by atoms with van der Waals surface area (Å²) in [6.07, 6.45) is 7.29. The molecule has 4 heteroatoms. The molecule has 0 bridgehead atoms. The molecule has 3 nitrogen and oxygen atoms in total. The second kappa shape index (κ2) is 5.47. The highest BCUT2D eigenvalue weighted by Crippen LogP contribution is 2.42. The van der Waals surface area contributed by atoms with Gasteiger partial charge in [0.2, 0.25) is 0 Å². The van der Waals surface area contributed by atoms with Gasteiger partial charge in [-0.1, -0.05) is 29.8 Å². The van der Waals surface area contributed by atoms with E-state index in [4.69, 9.17) is 11.6 Å². The maximum absolute atomic E-state index is 6.29. The lowest BCUT2D eigenvalue weighted by molar-refractivity contribution is 0.635. The summed E-state index contributed by atoms with van der Waals surface area (Å²) >= 11 is 6.29. The van der Waals surface area contributed by atoms with E-state index in [1.807, 2.05) is 24.4 Å². The number of nitrogens with zero attached hydrogens (tertiary/aromatic N) is 2. The number of nitrogens with one attached hydrogen (secondary N) is 1. The second-order valence-electron chi connectivity index (χ2n) is 6.23. The van der Waals surface area contributed by atoms with Crippen LogP contribution in [0.2, 0.25) is 5.02 Å². The monoisotopic (exact) mass is 301 g/mol. The smallest absolute Gasteiger partial charge is 0.0677 e. The van der Waals surface area contributed by atoms with Crippen molar-refractivity contribution in [3.63, 3.8) is 0 Å². The number of rotatable bonds is 6. The van der Waals surface area contributed by atoms with Gasteiger partial charge in [0.1, 0.15) is 0 Å². The fourth-order valence-corrected chi connectivity index (χ4v) is 3.05. The van der Waals surface area contributed by atoms with E-state index < -0.39 is 0 Å². The lowest BCUT2D eigenvalue weighted by atomic mass is 10.1. The number of halogens is 1. The molecule has 0 radical (unpaired) electrons. The van der Waals surface area contributed by atoms with E-state index in [1.54, 1.807) is 0 Å². The van der Waals surface area contributed by atoms with Crippen LogP contribution in [0, 0.1) is 0 Å². The first-order valence-corrected chi connectivity index (χ1v) is 8.20. The van der Waals surface area contributed by atoms with Crippen LogP contribution in [0.25, 0.3) is 0 Å². The highest BCUT2D eigenvalue weighted by Gasteiger charge is 2.31. The van der Waals surface area contributed by atoms with E-state index in [9.17, 15) is 0 Å². The molecule has 1 aromatic carbocycles. The molecular formula is C17H20ClN3. The summed E-state index contributed by atoms with van der Waals surface area (Å²) in [5, 5.41) is 9.06. The molecule has 2 aromatic rings. The van der Waals surface area contributed by atoms with Gasteiger partial charge >= 0.3 is 0 Å². The topological polar surface area (TPSA) is 29.9 Å². The molecule has 2 saturated carbocycles. The van der Waals surface area contributed by atoms with Gasteiger partial charge in [-0.05, 0) is 37.3 Å². The first kappa shape index (κ1) is 13.4. The van der Waals surface area contributed by atoms with Gasteiger partial charge in [-0.2, -0.15) is 5.10 Å². The van der Waals surface area contributed by atoms with Crippen molar-refractivity contribution < 1.29 is 0 Å². The van der Waals surface area contributed by atoms with E-state index >= 15 is 0 Å². The summed E-state index contributed by atoms with van der Waals surface area (Å²) in [4.78, 5) is 0. The van der Waals surface area contributed by atoms with Crippen LogP contribution in [0.4, 0.5) is 0 Å². The van der Waals surface area contributed by atoms with Crippen LogP contribution in [0.1, 0.15) is 48.4 Å². The zero-order valence-corrected chi connectivity index (χ0v) is 12.8. The summed E-state index contributed by atoms with van der Waals surface area (Å²) in [7, 11) is 0. The quantitative estimate of drug-likeness (QED) is 0.881. The van der Waals surface area contributed by atoms with Crippen LogP contribution in [-0.4, -0.2) is 15.8 Å².